The molecule has 1 aromatic rings. The van der Waals surface area contributed by atoms with Crippen molar-refractivity contribution in [3.8, 4) is 0 Å². The van der Waals surface area contributed by atoms with Crippen LogP contribution in [0.4, 0.5) is 5.69 Å². The molecule has 1 rings (SSSR count). The first-order valence-corrected chi connectivity index (χ1v) is 5.75. The Morgan fingerprint density at radius 2 is 1.93 bits per heavy atom. The van der Waals surface area contributed by atoms with Gasteiger partial charge in [0.05, 0.1) is 0 Å². The maximum Gasteiger partial charge on any atom is 0.0363 e. The van der Waals surface area contributed by atoms with Crippen molar-refractivity contribution in [3.63, 3.8) is 0 Å². The van der Waals surface area contributed by atoms with Crippen LogP contribution in [0.15, 0.2) is 30.3 Å². The van der Waals surface area contributed by atoms with Crippen LogP contribution in [0, 0.1) is 0 Å². The monoisotopic (exact) mass is 206 g/mol. The Kier molecular flexibility index (Phi) is 5.19. The van der Waals surface area contributed by atoms with Gasteiger partial charge in [-0.15, -0.1) is 0 Å². The topological polar surface area (TPSA) is 29.3 Å². The van der Waals surface area contributed by atoms with Gasteiger partial charge in [0, 0.05) is 25.3 Å². The van der Waals surface area contributed by atoms with Crippen molar-refractivity contribution in [1.29, 1.82) is 0 Å². The van der Waals surface area contributed by atoms with E-state index in [0.717, 1.165) is 19.4 Å². The van der Waals surface area contributed by atoms with Crippen LogP contribution in [0.3, 0.4) is 0 Å². The lowest BCUT2D eigenvalue weighted by molar-refractivity contribution is 0.568. The molecule has 0 bridgehead atoms. The molecule has 0 aromatic heterocycles. The van der Waals surface area contributed by atoms with E-state index in [1.54, 1.807) is 0 Å². The van der Waals surface area contributed by atoms with Gasteiger partial charge >= 0.3 is 0 Å². The summed E-state index contributed by atoms with van der Waals surface area (Å²) in [5, 5.41) is 0. The van der Waals surface area contributed by atoms with Crippen LogP contribution in [0.2, 0.25) is 0 Å². The molecule has 0 spiro atoms. The number of nitrogens with zero attached hydrogens (tertiary/aromatic N) is 1. The van der Waals surface area contributed by atoms with Crippen molar-refractivity contribution in [2.24, 2.45) is 5.73 Å². The van der Waals surface area contributed by atoms with Gasteiger partial charge < -0.3 is 10.6 Å². The lowest BCUT2D eigenvalue weighted by Gasteiger charge is -2.19. The molecule has 0 saturated heterocycles. The molecule has 2 heteroatoms. The maximum atomic E-state index is 5.88. The zero-order valence-electron chi connectivity index (χ0n) is 9.82. The second kappa shape index (κ2) is 6.46. The number of hydrogen-bond donors (Lipinski definition) is 1. The SMILES string of the molecule is CCC(N)CCCN(C)c1ccccc1. The van der Waals surface area contributed by atoms with Crippen molar-refractivity contribution in [2.75, 3.05) is 18.5 Å². The number of nitrogens with two attached hydrogens (primary N) is 1. The first kappa shape index (κ1) is 12.1. The van der Waals surface area contributed by atoms with Crippen molar-refractivity contribution >= 4 is 5.69 Å². The average Bonchev–Trinajstić information content (AvgIpc) is 2.29. The predicted molar refractivity (Wildman–Crippen MR) is 67.2 cm³/mol. The van der Waals surface area contributed by atoms with Crippen LogP contribution in [-0.2, 0) is 0 Å². The van der Waals surface area contributed by atoms with Gasteiger partial charge in [-0.25, -0.2) is 0 Å². The third kappa shape index (κ3) is 4.34. The molecule has 1 atom stereocenters. The van der Waals surface area contributed by atoms with Crippen LogP contribution in [0.25, 0.3) is 0 Å². The van der Waals surface area contributed by atoms with Gasteiger partial charge in [0.15, 0.2) is 0 Å². The fourth-order valence-corrected chi connectivity index (χ4v) is 1.61. The summed E-state index contributed by atoms with van der Waals surface area (Å²) in [5.41, 5.74) is 7.16. The van der Waals surface area contributed by atoms with E-state index >= 15 is 0 Å². The van der Waals surface area contributed by atoms with Crippen LogP contribution < -0.4 is 10.6 Å². The summed E-state index contributed by atoms with van der Waals surface area (Å²) in [7, 11) is 2.13. The summed E-state index contributed by atoms with van der Waals surface area (Å²) in [6.07, 6.45) is 3.36. The normalized spacial score (nSPS) is 12.5. The second-order valence-corrected chi connectivity index (χ2v) is 4.07. The molecule has 0 heterocycles. The molecule has 0 aliphatic carbocycles. The molecule has 0 fully saturated rings. The fraction of sp³-hybridized carbons (Fsp3) is 0.538. The lowest BCUT2D eigenvalue weighted by atomic mass is 10.1. The van der Waals surface area contributed by atoms with Gasteiger partial charge in [-0.1, -0.05) is 25.1 Å². The minimum absolute atomic E-state index is 0.370. The Morgan fingerprint density at radius 3 is 2.53 bits per heavy atom. The van der Waals surface area contributed by atoms with E-state index in [0.29, 0.717) is 6.04 Å². The Morgan fingerprint density at radius 1 is 1.27 bits per heavy atom. The van der Waals surface area contributed by atoms with E-state index in [9.17, 15) is 0 Å². The predicted octanol–water partition coefficient (Wildman–Crippen LogP) is 2.64. The minimum Gasteiger partial charge on any atom is -0.375 e. The molecule has 2 N–H and O–H groups in total. The maximum absolute atomic E-state index is 5.88. The average molecular weight is 206 g/mol. The van der Waals surface area contributed by atoms with E-state index in [1.807, 2.05) is 6.07 Å². The third-order valence-corrected chi connectivity index (χ3v) is 2.79. The van der Waals surface area contributed by atoms with E-state index < -0.39 is 0 Å². The van der Waals surface area contributed by atoms with Gasteiger partial charge in [0.1, 0.15) is 0 Å². The zero-order valence-corrected chi connectivity index (χ0v) is 9.82. The summed E-state index contributed by atoms with van der Waals surface area (Å²) in [4.78, 5) is 2.28. The molecular formula is C13H22N2. The van der Waals surface area contributed by atoms with Crippen LogP contribution in [-0.4, -0.2) is 19.6 Å². The first-order chi connectivity index (χ1) is 7.24. The van der Waals surface area contributed by atoms with E-state index in [1.165, 1.54) is 12.1 Å². The quantitative estimate of drug-likeness (QED) is 0.775. The second-order valence-electron chi connectivity index (χ2n) is 4.07. The molecule has 0 aliphatic rings. The molecule has 1 unspecified atom stereocenters. The molecule has 1 aromatic carbocycles. The van der Waals surface area contributed by atoms with Crippen LogP contribution >= 0.6 is 0 Å². The van der Waals surface area contributed by atoms with Crippen LogP contribution in [0.1, 0.15) is 26.2 Å². The Hall–Kier alpha value is -1.02. The number of rotatable bonds is 6. The van der Waals surface area contributed by atoms with Crippen molar-refractivity contribution in [1.82, 2.24) is 0 Å². The van der Waals surface area contributed by atoms with Gasteiger partial charge in [-0.3, -0.25) is 0 Å². The molecule has 84 valence electrons. The van der Waals surface area contributed by atoms with Crippen molar-refractivity contribution in [3.05, 3.63) is 30.3 Å². The number of hydrogen-bond acceptors (Lipinski definition) is 2. The highest BCUT2D eigenvalue weighted by Gasteiger charge is 2.02. The van der Waals surface area contributed by atoms with Crippen LogP contribution in [0.5, 0.6) is 0 Å². The van der Waals surface area contributed by atoms with E-state index in [2.05, 4.69) is 43.1 Å². The number of para-hydroxylation sites is 1. The molecule has 2 nitrogen and oxygen atoms in total. The Labute approximate surface area is 93.1 Å². The summed E-state index contributed by atoms with van der Waals surface area (Å²) in [5.74, 6) is 0. The molecule has 0 aliphatic heterocycles. The number of benzene rings is 1. The van der Waals surface area contributed by atoms with E-state index in [-0.39, 0.29) is 0 Å². The Bertz CT molecular complexity index is 258. The molecule has 0 amide bonds. The fourth-order valence-electron chi connectivity index (χ4n) is 1.61. The largest absolute Gasteiger partial charge is 0.375 e. The highest BCUT2D eigenvalue weighted by Crippen LogP contribution is 2.11. The minimum atomic E-state index is 0.370. The Balaban J connectivity index is 2.28. The van der Waals surface area contributed by atoms with Gasteiger partial charge in [-0.05, 0) is 31.4 Å². The summed E-state index contributed by atoms with van der Waals surface area (Å²) in [6.45, 7) is 3.23. The summed E-state index contributed by atoms with van der Waals surface area (Å²) < 4.78 is 0. The molecule has 15 heavy (non-hydrogen) atoms. The van der Waals surface area contributed by atoms with Crippen molar-refractivity contribution < 1.29 is 0 Å². The highest BCUT2D eigenvalue weighted by molar-refractivity contribution is 5.44. The van der Waals surface area contributed by atoms with E-state index in [4.69, 9.17) is 5.73 Å². The first-order valence-electron chi connectivity index (χ1n) is 5.75. The highest BCUT2D eigenvalue weighted by atomic mass is 15.1. The summed E-state index contributed by atoms with van der Waals surface area (Å²) >= 11 is 0. The van der Waals surface area contributed by atoms with Crippen molar-refractivity contribution in [2.45, 2.75) is 32.2 Å². The third-order valence-electron chi connectivity index (χ3n) is 2.79. The zero-order chi connectivity index (χ0) is 11.1. The van der Waals surface area contributed by atoms with Gasteiger partial charge in [-0.2, -0.15) is 0 Å². The smallest absolute Gasteiger partial charge is 0.0363 e. The van der Waals surface area contributed by atoms with Gasteiger partial charge in [0.2, 0.25) is 0 Å². The molecule has 0 saturated carbocycles. The lowest BCUT2D eigenvalue weighted by Crippen LogP contribution is -2.23. The molecule has 0 radical (unpaired) electrons. The summed E-state index contributed by atoms with van der Waals surface area (Å²) in [6, 6.07) is 10.8. The standard InChI is InChI=1S/C13H22N2/c1-3-12(14)8-7-11-15(2)13-9-5-4-6-10-13/h4-6,9-10,12H,3,7-8,11,14H2,1-2H3. The number of anilines is 1. The van der Waals surface area contributed by atoms with Gasteiger partial charge in [0.25, 0.3) is 0 Å². The molecular weight excluding hydrogens is 184 g/mol.